The van der Waals surface area contributed by atoms with E-state index in [1.54, 1.807) is 0 Å². The molecule has 0 atom stereocenters. The molecule has 0 saturated carbocycles. The minimum absolute atomic E-state index is 0.302. The third-order valence-electron chi connectivity index (χ3n) is 1.81. The molecular formula is C8H8N2O2S. The van der Waals surface area contributed by atoms with E-state index in [2.05, 4.69) is 9.97 Å². The minimum Gasteiger partial charge on any atom is -0.306 e. The van der Waals surface area contributed by atoms with Crippen LogP contribution in [-0.4, -0.2) is 9.97 Å². The van der Waals surface area contributed by atoms with Crippen LogP contribution in [0.25, 0.3) is 10.2 Å². The SMILES string of the molecule is CCc1cc2[nH]c(=O)[nH]c(=O)c2s1. The third-order valence-corrected chi connectivity index (χ3v) is 3.09. The molecular weight excluding hydrogens is 188 g/mol. The van der Waals surface area contributed by atoms with Crippen molar-refractivity contribution in [3.8, 4) is 0 Å². The first-order chi connectivity index (χ1) is 6.20. The largest absolute Gasteiger partial charge is 0.326 e. The van der Waals surface area contributed by atoms with Crippen molar-refractivity contribution in [3.05, 3.63) is 31.8 Å². The first-order valence-corrected chi connectivity index (χ1v) is 4.77. The summed E-state index contributed by atoms with van der Waals surface area (Å²) in [7, 11) is 0. The maximum Gasteiger partial charge on any atom is 0.326 e. The van der Waals surface area contributed by atoms with E-state index in [4.69, 9.17) is 0 Å². The second-order valence-electron chi connectivity index (χ2n) is 2.72. The highest BCUT2D eigenvalue weighted by Crippen LogP contribution is 2.19. The van der Waals surface area contributed by atoms with E-state index in [1.807, 2.05) is 13.0 Å². The van der Waals surface area contributed by atoms with Crippen LogP contribution < -0.4 is 11.2 Å². The monoisotopic (exact) mass is 196 g/mol. The van der Waals surface area contributed by atoms with Gasteiger partial charge in [0.2, 0.25) is 0 Å². The van der Waals surface area contributed by atoms with Crippen molar-refractivity contribution in [2.75, 3.05) is 0 Å². The Morgan fingerprint density at radius 1 is 1.38 bits per heavy atom. The van der Waals surface area contributed by atoms with Crippen LogP contribution in [0.4, 0.5) is 0 Å². The molecule has 0 aliphatic rings. The molecule has 2 rings (SSSR count). The minimum atomic E-state index is -0.446. The number of nitrogens with one attached hydrogen (secondary N) is 2. The van der Waals surface area contributed by atoms with Crippen molar-refractivity contribution < 1.29 is 0 Å². The molecule has 13 heavy (non-hydrogen) atoms. The van der Waals surface area contributed by atoms with E-state index in [0.29, 0.717) is 10.2 Å². The zero-order chi connectivity index (χ0) is 9.42. The maximum atomic E-state index is 11.3. The predicted molar refractivity (Wildman–Crippen MR) is 52.4 cm³/mol. The van der Waals surface area contributed by atoms with Crippen LogP contribution in [0.2, 0.25) is 0 Å². The fraction of sp³-hybridized carbons (Fsp3) is 0.250. The molecule has 2 heterocycles. The molecule has 2 aromatic rings. The molecule has 0 aliphatic heterocycles. The van der Waals surface area contributed by atoms with Gasteiger partial charge in [-0.1, -0.05) is 6.92 Å². The number of hydrogen-bond donors (Lipinski definition) is 2. The average Bonchev–Trinajstić information content (AvgIpc) is 2.47. The molecule has 5 heteroatoms. The van der Waals surface area contributed by atoms with Crippen molar-refractivity contribution in [2.24, 2.45) is 0 Å². The van der Waals surface area contributed by atoms with E-state index in [9.17, 15) is 9.59 Å². The van der Waals surface area contributed by atoms with Crippen molar-refractivity contribution in [1.29, 1.82) is 0 Å². The Bertz CT molecular complexity index is 549. The van der Waals surface area contributed by atoms with Gasteiger partial charge in [0.15, 0.2) is 0 Å². The van der Waals surface area contributed by atoms with Gasteiger partial charge in [0, 0.05) is 4.88 Å². The lowest BCUT2D eigenvalue weighted by molar-refractivity contribution is 1.09. The van der Waals surface area contributed by atoms with Crippen LogP contribution >= 0.6 is 11.3 Å². The predicted octanol–water partition coefficient (Wildman–Crippen LogP) is 0.840. The van der Waals surface area contributed by atoms with Crippen LogP contribution in [-0.2, 0) is 6.42 Å². The lowest BCUT2D eigenvalue weighted by atomic mass is 10.3. The molecule has 2 aromatic heterocycles. The summed E-state index contributed by atoms with van der Waals surface area (Å²) < 4.78 is 0.594. The molecule has 0 unspecified atom stereocenters. The molecule has 0 amide bonds. The topological polar surface area (TPSA) is 65.7 Å². The van der Waals surface area contributed by atoms with Gasteiger partial charge >= 0.3 is 5.69 Å². The number of hydrogen-bond acceptors (Lipinski definition) is 3. The molecule has 0 spiro atoms. The number of rotatable bonds is 1. The van der Waals surface area contributed by atoms with E-state index in [0.717, 1.165) is 11.3 Å². The van der Waals surface area contributed by atoms with Crippen LogP contribution in [0.15, 0.2) is 15.7 Å². The number of fused-ring (bicyclic) bond motifs is 1. The van der Waals surface area contributed by atoms with Crippen LogP contribution in [0.3, 0.4) is 0 Å². The van der Waals surface area contributed by atoms with Crippen molar-refractivity contribution in [1.82, 2.24) is 9.97 Å². The van der Waals surface area contributed by atoms with Crippen molar-refractivity contribution >= 4 is 21.6 Å². The summed E-state index contributed by atoms with van der Waals surface area (Å²) in [6.07, 6.45) is 0.876. The van der Waals surface area contributed by atoms with E-state index < -0.39 is 5.69 Å². The highest BCUT2D eigenvalue weighted by atomic mass is 32.1. The van der Waals surface area contributed by atoms with Crippen LogP contribution in [0.1, 0.15) is 11.8 Å². The molecule has 68 valence electrons. The van der Waals surface area contributed by atoms with Gasteiger partial charge in [-0.2, -0.15) is 0 Å². The van der Waals surface area contributed by atoms with Crippen molar-refractivity contribution in [2.45, 2.75) is 13.3 Å². The lowest BCUT2D eigenvalue weighted by Gasteiger charge is -1.84. The highest BCUT2D eigenvalue weighted by Gasteiger charge is 2.04. The maximum absolute atomic E-state index is 11.3. The Labute approximate surface area is 77.2 Å². The zero-order valence-corrected chi connectivity index (χ0v) is 7.83. The number of H-pyrrole nitrogens is 2. The summed E-state index contributed by atoms with van der Waals surface area (Å²) in [5.41, 5.74) is -0.114. The van der Waals surface area contributed by atoms with Gasteiger partial charge in [0.1, 0.15) is 4.70 Å². The molecule has 0 bridgehead atoms. The number of aromatic nitrogens is 2. The Morgan fingerprint density at radius 3 is 2.85 bits per heavy atom. The first kappa shape index (κ1) is 8.25. The zero-order valence-electron chi connectivity index (χ0n) is 7.01. The quantitative estimate of drug-likeness (QED) is 0.709. The first-order valence-electron chi connectivity index (χ1n) is 3.95. The molecule has 0 saturated heterocycles. The summed E-state index contributed by atoms with van der Waals surface area (Å²) >= 11 is 1.42. The van der Waals surface area contributed by atoms with Gasteiger partial charge in [-0.3, -0.25) is 9.78 Å². The molecule has 0 fully saturated rings. The van der Waals surface area contributed by atoms with Crippen LogP contribution in [0.5, 0.6) is 0 Å². The third kappa shape index (κ3) is 1.31. The summed E-state index contributed by atoms with van der Waals surface area (Å²) in [6.45, 7) is 2.01. The second-order valence-corrected chi connectivity index (χ2v) is 3.85. The van der Waals surface area contributed by atoms with Gasteiger partial charge in [-0.05, 0) is 12.5 Å². The van der Waals surface area contributed by atoms with Gasteiger partial charge < -0.3 is 4.98 Å². The van der Waals surface area contributed by atoms with Gasteiger partial charge in [-0.15, -0.1) is 11.3 Å². The Balaban J connectivity index is 2.91. The normalized spacial score (nSPS) is 10.8. The molecule has 2 N–H and O–H groups in total. The van der Waals surface area contributed by atoms with Gasteiger partial charge in [-0.25, -0.2) is 4.79 Å². The molecule has 0 aliphatic carbocycles. The van der Waals surface area contributed by atoms with E-state index in [-0.39, 0.29) is 5.56 Å². The summed E-state index contributed by atoms with van der Waals surface area (Å²) in [5, 5.41) is 0. The number of aryl methyl sites for hydroxylation is 1. The molecule has 4 nitrogen and oxygen atoms in total. The second kappa shape index (κ2) is 2.85. The summed E-state index contributed by atoms with van der Waals surface area (Å²) in [6, 6.07) is 1.84. The summed E-state index contributed by atoms with van der Waals surface area (Å²) in [5.74, 6) is 0. The fourth-order valence-electron chi connectivity index (χ4n) is 1.19. The fourth-order valence-corrected chi connectivity index (χ4v) is 2.14. The molecule has 0 radical (unpaired) electrons. The highest BCUT2D eigenvalue weighted by molar-refractivity contribution is 7.18. The molecule has 0 aromatic carbocycles. The Hall–Kier alpha value is -1.36. The van der Waals surface area contributed by atoms with E-state index in [1.165, 1.54) is 11.3 Å². The van der Waals surface area contributed by atoms with E-state index >= 15 is 0 Å². The lowest BCUT2D eigenvalue weighted by Crippen LogP contribution is -2.20. The summed E-state index contributed by atoms with van der Waals surface area (Å²) in [4.78, 5) is 28.0. The number of aromatic amines is 2. The average molecular weight is 196 g/mol. The standard InChI is InChI=1S/C8H8N2O2S/c1-2-4-3-5-6(13-4)7(11)10-8(12)9-5/h3H,2H2,1H3,(H2,9,10,11,12). The van der Waals surface area contributed by atoms with Gasteiger partial charge in [0.05, 0.1) is 5.52 Å². The van der Waals surface area contributed by atoms with Crippen LogP contribution in [0, 0.1) is 0 Å². The Morgan fingerprint density at radius 2 is 2.15 bits per heavy atom. The van der Waals surface area contributed by atoms with Gasteiger partial charge in [0.25, 0.3) is 5.56 Å². The number of thiophene rings is 1. The smallest absolute Gasteiger partial charge is 0.306 e. The Kier molecular flexibility index (Phi) is 1.81. The van der Waals surface area contributed by atoms with Crippen molar-refractivity contribution in [3.63, 3.8) is 0 Å².